The number of thiophene rings is 1. The van der Waals surface area contributed by atoms with Crippen LogP contribution in [0.3, 0.4) is 0 Å². The predicted octanol–water partition coefficient (Wildman–Crippen LogP) is 3.17. The van der Waals surface area contributed by atoms with Crippen molar-refractivity contribution in [2.24, 2.45) is 0 Å². The van der Waals surface area contributed by atoms with E-state index in [0.717, 1.165) is 0 Å². The van der Waals surface area contributed by atoms with Gasteiger partial charge >= 0.3 is 5.97 Å². The molecule has 1 unspecified atom stereocenters. The molecule has 1 heterocycles. The number of aliphatic carboxylic acids is 1. The Balaban J connectivity index is 2.30. The maximum Gasteiger partial charge on any atom is 0.310 e. The van der Waals surface area contributed by atoms with Gasteiger partial charge in [-0.1, -0.05) is 30.3 Å². The van der Waals surface area contributed by atoms with Gasteiger partial charge in [-0.05, 0) is 23.9 Å². The van der Waals surface area contributed by atoms with E-state index in [0.29, 0.717) is 10.4 Å². The van der Waals surface area contributed by atoms with E-state index in [-0.39, 0.29) is 11.3 Å². The predicted molar refractivity (Wildman–Crippen MR) is 70.2 cm³/mol. The fraction of sp³-hybridized carbons (Fsp3) is 0.143. The Hall–Kier alpha value is -1.94. The summed E-state index contributed by atoms with van der Waals surface area (Å²) in [6.07, 6.45) is 0. The van der Waals surface area contributed by atoms with E-state index in [9.17, 15) is 9.59 Å². The van der Waals surface area contributed by atoms with Gasteiger partial charge in [-0.2, -0.15) is 0 Å². The van der Waals surface area contributed by atoms with Gasteiger partial charge in [0, 0.05) is 9.68 Å². The Morgan fingerprint density at radius 2 is 2.00 bits per heavy atom. The second-order valence-corrected chi connectivity index (χ2v) is 4.65. The third-order valence-corrected chi connectivity index (χ3v) is 3.37. The summed E-state index contributed by atoms with van der Waals surface area (Å²) in [6.45, 7) is -2.63. The Kier molecular flexibility index (Phi) is 2.59. The summed E-state index contributed by atoms with van der Waals surface area (Å²) < 4.78 is 21.9. The number of carboxylic acids is 1. The minimum atomic E-state index is -2.63. The molecule has 0 spiro atoms. The maximum atomic E-state index is 12.1. The minimum absolute atomic E-state index is 0.158. The first-order valence-electron chi connectivity index (χ1n) is 6.71. The van der Waals surface area contributed by atoms with E-state index in [1.54, 1.807) is 17.5 Å². The van der Waals surface area contributed by atoms with Gasteiger partial charge in [0.2, 0.25) is 5.78 Å². The van der Waals surface area contributed by atoms with Crippen LogP contribution in [0.5, 0.6) is 0 Å². The molecule has 0 aliphatic heterocycles. The molecule has 2 rings (SSSR count). The number of benzene rings is 1. The van der Waals surface area contributed by atoms with Crippen molar-refractivity contribution in [1.82, 2.24) is 0 Å². The van der Waals surface area contributed by atoms with Gasteiger partial charge in [0.1, 0.15) is 0 Å². The highest BCUT2D eigenvalue weighted by atomic mass is 32.1. The SMILES string of the molecule is [2H]C([2H])([2H])C(C(=O)O)c1ccc(C(=O)c2cccs2)cc1. The summed E-state index contributed by atoms with van der Waals surface area (Å²) in [6, 6.07) is 9.14. The van der Waals surface area contributed by atoms with Crippen molar-refractivity contribution in [2.45, 2.75) is 12.8 Å². The fourth-order valence-electron chi connectivity index (χ4n) is 1.52. The molecule has 0 amide bonds. The number of hydrogen-bond donors (Lipinski definition) is 1. The van der Waals surface area contributed by atoms with Gasteiger partial charge in [-0.25, -0.2) is 0 Å². The molecule has 1 aromatic heterocycles. The van der Waals surface area contributed by atoms with E-state index in [4.69, 9.17) is 9.22 Å². The number of rotatable bonds is 4. The van der Waals surface area contributed by atoms with E-state index in [1.165, 1.54) is 35.6 Å². The van der Waals surface area contributed by atoms with Crippen LogP contribution >= 0.6 is 11.3 Å². The zero-order valence-corrected chi connectivity index (χ0v) is 10.1. The van der Waals surface area contributed by atoms with Crippen LogP contribution in [0.25, 0.3) is 0 Å². The van der Waals surface area contributed by atoms with Gasteiger partial charge in [0.05, 0.1) is 10.8 Å². The molecule has 0 aliphatic rings. The third kappa shape index (κ3) is 2.49. The monoisotopic (exact) mass is 263 g/mol. The topological polar surface area (TPSA) is 54.4 Å². The van der Waals surface area contributed by atoms with E-state index in [1.807, 2.05) is 0 Å². The lowest BCUT2D eigenvalue weighted by Gasteiger charge is -2.06. The van der Waals surface area contributed by atoms with Crippen LogP contribution in [0.15, 0.2) is 41.8 Å². The van der Waals surface area contributed by atoms with Crippen molar-refractivity contribution < 1.29 is 18.8 Å². The molecule has 0 aliphatic carbocycles. The Morgan fingerprint density at radius 3 is 2.50 bits per heavy atom. The van der Waals surface area contributed by atoms with Crippen molar-refractivity contribution in [1.29, 1.82) is 0 Å². The number of ketones is 1. The molecule has 1 atom stereocenters. The van der Waals surface area contributed by atoms with Gasteiger partial charge in [0.25, 0.3) is 0 Å². The largest absolute Gasteiger partial charge is 0.481 e. The average Bonchev–Trinajstić information content (AvgIpc) is 2.90. The number of carbonyl (C=O) groups is 2. The Bertz CT molecular complexity index is 645. The summed E-state index contributed by atoms with van der Waals surface area (Å²) >= 11 is 1.31. The summed E-state index contributed by atoms with van der Waals surface area (Å²) in [4.78, 5) is 23.8. The molecule has 1 aromatic carbocycles. The molecule has 0 saturated carbocycles. The van der Waals surface area contributed by atoms with Gasteiger partial charge in [0.15, 0.2) is 0 Å². The maximum absolute atomic E-state index is 12.1. The lowest BCUT2D eigenvalue weighted by molar-refractivity contribution is -0.138. The summed E-state index contributed by atoms with van der Waals surface area (Å²) in [5, 5.41) is 10.9. The molecule has 1 N–H and O–H groups in total. The van der Waals surface area contributed by atoms with Gasteiger partial charge < -0.3 is 5.11 Å². The van der Waals surface area contributed by atoms with Gasteiger partial charge in [-0.15, -0.1) is 11.3 Å². The molecule has 0 bridgehead atoms. The first-order valence-corrected chi connectivity index (χ1v) is 6.09. The summed E-state index contributed by atoms with van der Waals surface area (Å²) in [5.74, 6) is -3.17. The summed E-state index contributed by atoms with van der Waals surface area (Å²) in [7, 11) is 0. The average molecular weight is 263 g/mol. The van der Waals surface area contributed by atoms with E-state index in [2.05, 4.69) is 0 Å². The van der Waals surface area contributed by atoms with Gasteiger partial charge in [-0.3, -0.25) is 9.59 Å². The van der Waals surface area contributed by atoms with Crippen molar-refractivity contribution in [3.05, 3.63) is 57.8 Å². The molecule has 0 saturated heterocycles. The zero-order chi connectivity index (χ0) is 15.6. The fourth-order valence-corrected chi connectivity index (χ4v) is 2.21. The normalized spacial score (nSPS) is 15.2. The van der Waals surface area contributed by atoms with Crippen LogP contribution in [-0.2, 0) is 4.79 Å². The molecule has 92 valence electrons. The molecule has 2 aromatic rings. The smallest absolute Gasteiger partial charge is 0.310 e. The van der Waals surface area contributed by atoms with E-state index >= 15 is 0 Å². The molecule has 4 heteroatoms. The number of hydrogen-bond acceptors (Lipinski definition) is 3. The second-order valence-electron chi connectivity index (χ2n) is 3.70. The molecule has 0 fully saturated rings. The van der Waals surface area contributed by atoms with E-state index < -0.39 is 18.7 Å². The molecule has 3 nitrogen and oxygen atoms in total. The Morgan fingerprint density at radius 1 is 1.28 bits per heavy atom. The lowest BCUT2D eigenvalue weighted by atomic mass is 9.99. The number of carboxylic acid groups (broad SMARTS) is 1. The number of carbonyl (C=O) groups excluding carboxylic acids is 1. The van der Waals surface area contributed by atoms with Crippen LogP contribution in [0, 0.1) is 0 Å². The van der Waals surface area contributed by atoms with Crippen molar-refractivity contribution >= 4 is 23.1 Å². The first-order chi connectivity index (χ1) is 9.80. The lowest BCUT2D eigenvalue weighted by Crippen LogP contribution is -2.07. The quantitative estimate of drug-likeness (QED) is 0.862. The molecular formula is C14H12O3S. The van der Waals surface area contributed by atoms with Crippen LogP contribution in [0.4, 0.5) is 0 Å². The molecule has 0 radical (unpaired) electrons. The van der Waals surface area contributed by atoms with Crippen LogP contribution in [0.2, 0.25) is 0 Å². The molecule has 18 heavy (non-hydrogen) atoms. The summed E-state index contributed by atoms with van der Waals surface area (Å²) in [5.41, 5.74) is 0.557. The highest BCUT2D eigenvalue weighted by Gasteiger charge is 2.15. The van der Waals surface area contributed by atoms with Crippen LogP contribution in [0.1, 0.15) is 37.7 Å². The first kappa shape index (κ1) is 9.05. The van der Waals surface area contributed by atoms with Crippen molar-refractivity contribution in [3.8, 4) is 0 Å². The van der Waals surface area contributed by atoms with Crippen molar-refractivity contribution in [2.75, 3.05) is 0 Å². The standard InChI is InChI=1S/C14H12O3S/c1-9(14(16)17)10-4-6-11(7-5-10)13(15)12-3-2-8-18-12/h2-9H,1H3,(H,16,17)/i1D3. The zero-order valence-electron chi connectivity index (χ0n) is 12.3. The molecular weight excluding hydrogens is 248 g/mol. The Labute approximate surface area is 113 Å². The third-order valence-electron chi connectivity index (χ3n) is 2.50. The highest BCUT2D eigenvalue weighted by Crippen LogP contribution is 2.19. The van der Waals surface area contributed by atoms with Crippen LogP contribution < -0.4 is 0 Å². The minimum Gasteiger partial charge on any atom is -0.481 e. The van der Waals surface area contributed by atoms with Crippen molar-refractivity contribution in [3.63, 3.8) is 0 Å². The van der Waals surface area contributed by atoms with Crippen LogP contribution in [-0.4, -0.2) is 16.9 Å². The second kappa shape index (κ2) is 5.14. The highest BCUT2D eigenvalue weighted by molar-refractivity contribution is 7.12.